The average Bonchev–Trinajstić information content (AvgIpc) is 3.34. The summed E-state index contributed by atoms with van der Waals surface area (Å²) in [5.74, 6) is 0.0726. The maximum Gasteiger partial charge on any atom is 0.488 e. The molecule has 2 N–H and O–H groups in total. The van der Waals surface area contributed by atoms with Crippen molar-refractivity contribution in [2.45, 2.75) is 57.5 Å². The van der Waals surface area contributed by atoms with Gasteiger partial charge in [0.25, 0.3) is 0 Å². The van der Waals surface area contributed by atoms with E-state index in [2.05, 4.69) is 0 Å². The van der Waals surface area contributed by atoms with Gasteiger partial charge in [0.05, 0.1) is 12.7 Å². The van der Waals surface area contributed by atoms with E-state index in [4.69, 9.17) is 19.5 Å². The number of hydrogen-bond acceptors (Lipinski definition) is 5. The van der Waals surface area contributed by atoms with E-state index in [1.807, 2.05) is 0 Å². The first-order chi connectivity index (χ1) is 11.1. The molecule has 1 atom stereocenters. The number of unbranched alkanes of at least 4 members (excludes halogenated alkanes) is 5. The second-order valence-electron chi connectivity index (χ2n) is 6.04. The molecule has 0 amide bonds. The molecule has 1 aromatic carbocycles. The van der Waals surface area contributed by atoms with Gasteiger partial charge in [0.1, 0.15) is 5.75 Å². The molecule has 1 aromatic rings. The molecular formula is C17H25BO5. The Labute approximate surface area is 137 Å². The first kappa shape index (κ1) is 18.0. The third-order valence-electron chi connectivity index (χ3n) is 3.95. The second-order valence-corrected chi connectivity index (χ2v) is 6.04. The molecule has 1 unspecified atom stereocenters. The Balaban J connectivity index is 1.51. The van der Waals surface area contributed by atoms with Gasteiger partial charge in [0, 0.05) is 6.42 Å². The van der Waals surface area contributed by atoms with E-state index < -0.39 is 7.12 Å². The van der Waals surface area contributed by atoms with Gasteiger partial charge in [-0.3, -0.25) is 4.79 Å². The minimum atomic E-state index is -1.56. The summed E-state index contributed by atoms with van der Waals surface area (Å²) in [5.41, 5.74) is 0.312. The predicted molar refractivity (Wildman–Crippen MR) is 88.6 cm³/mol. The Kier molecular flexibility index (Phi) is 7.58. The molecule has 0 aliphatic carbocycles. The van der Waals surface area contributed by atoms with Crippen molar-refractivity contribution in [1.82, 2.24) is 0 Å². The predicted octanol–water partition coefficient (Wildman–Crippen LogP) is 1.79. The van der Waals surface area contributed by atoms with Crippen molar-refractivity contribution in [3.63, 3.8) is 0 Å². The summed E-state index contributed by atoms with van der Waals surface area (Å²) >= 11 is 0. The molecule has 0 aromatic heterocycles. The lowest BCUT2D eigenvalue weighted by Crippen LogP contribution is -2.29. The van der Waals surface area contributed by atoms with E-state index in [0.29, 0.717) is 23.7 Å². The van der Waals surface area contributed by atoms with Crippen molar-refractivity contribution < 1.29 is 24.3 Å². The molecule has 5 nitrogen and oxygen atoms in total. The zero-order valence-corrected chi connectivity index (χ0v) is 13.4. The van der Waals surface area contributed by atoms with Gasteiger partial charge in [-0.05, 0) is 30.4 Å². The zero-order chi connectivity index (χ0) is 16.5. The van der Waals surface area contributed by atoms with Crippen molar-refractivity contribution in [2.75, 3.05) is 6.61 Å². The van der Waals surface area contributed by atoms with Crippen LogP contribution in [0.4, 0.5) is 0 Å². The van der Waals surface area contributed by atoms with Gasteiger partial charge in [-0.1, -0.05) is 44.2 Å². The van der Waals surface area contributed by atoms with Gasteiger partial charge in [-0.15, -0.1) is 0 Å². The van der Waals surface area contributed by atoms with Crippen LogP contribution in [-0.4, -0.2) is 35.8 Å². The molecule has 1 aliphatic heterocycles. The van der Waals surface area contributed by atoms with Crippen LogP contribution in [0.3, 0.4) is 0 Å². The fourth-order valence-corrected chi connectivity index (χ4v) is 2.50. The van der Waals surface area contributed by atoms with Crippen molar-refractivity contribution in [1.29, 1.82) is 0 Å². The largest absolute Gasteiger partial charge is 0.488 e. The standard InChI is InChI=1S/C17H25BO5/c19-17(23-15-10-7-8-14(12-15)18(20)21)11-6-4-2-1-3-5-9-16-13-22-16/h7-8,10,12,16,20-21H,1-6,9,11,13H2. The Bertz CT molecular complexity index is 488. The molecule has 0 bridgehead atoms. The van der Waals surface area contributed by atoms with Crippen LogP contribution in [0.15, 0.2) is 24.3 Å². The Morgan fingerprint density at radius 3 is 2.57 bits per heavy atom. The van der Waals surface area contributed by atoms with Crippen molar-refractivity contribution in [2.24, 2.45) is 0 Å². The summed E-state index contributed by atoms with van der Waals surface area (Å²) in [6.45, 7) is 0.947. The van der Waals surface area contributed by atoms with Gasteiger partial charge >= 0.3 is 13.1 Å². The zero-order valence-electron chi connectivity index (χ0n) is 13.4. The van der Waals surface area contributed by atoms with Crippen LogP contribution in [0.1, 0.15) is 51.4 Å². The number of hydrogen-bond donors (Lipinski definition) is 2. The summed E-state index contributed by atoms with van der Waals surface area (Å²) in [5, 5.41) is 18.2. The van der Waals surface area contributed by atoms with E-state index >= 15 is 0 Å². The number of carbonyl (C=O) groups excluding carboxylic acids is 1. The fourth-order valence-electron chi connectivity index (χ4n) is 2.50. The second kappa shape index (κ2) is 9.70. The lowest BCUT2D eigenvalue weighted by Gasteiger charge is -2.06. The maximum absolute atomic E-state index is 11.7. The normalized spacial score (nSPS) is 16.2. The number of rotatable bonds is 11. The number of ether oxygens (including phenoxy) is 2. The van der Waals surface area contributed by atoms with E-state index in [-0.39, 0.29) is 5.97 Å². The summed E-state index contributed by atoms with van der Waals surface area (Å²) in [6, 6.07) is 6.29. The maximum atomic E-state index is 11.7. The smallest absolute Gasteiger partial charge is 0.427 e. The third-order valence-corrected chi connectivity index (χ3v) is 3.95. The van der Waals surface area contributed by atoms with Crippen molar-refractivity contribution in [3.05, 3.63) is 24.3 Å². The highest BCUT2D eigenvalue weighted by Gasteiger charge is 2.20. The highest BCUT2D eigenvalue weighted by molar-refractivity contribution is 6.58. The monoisotopic (exact) mass is 320 g/mol. The molecular weight excluding hydrogens is 295 g/mol. The summed E-state index contributed by atoms with van der Waals surface area (Å²) in [6.07, 6.45) is 8.80. The fraction of sp³-hybridized carbons (Fsp3) is 0.588. The molecule has 1 heterocycles. The molecule has 1 fully saturated rings. The van der Waals surface area contributed by atoms with Crippen LogP contribution in [0.25, 0.3) is 0 Å². The van der Waals surface area contributed by atoms with Crippen LogP contribution in [0, 0.1) is 0 Å². The lowest BCUT2D eigenvalue weighted by molar-refractivity contribution is -0.134. The molecule has 23 heavy (non-hydrogen) atoms. The van der Waals surface area contributed by atoms with Gasteiger partial charge in [0.2, 0.25) is 0 Å². The molecule has 1 aliphatic rings. The summed E-state index contributed by atoms with van der Waals surface area (Å²) in [7, 11) is -1.56. The van der Waals surface area contributed by atoms with Crippen LogP contribution >= 0.6 is 0 Å². The summed E-state index contributed by atoms with van der Waals surface area (Å²) < 4.78 is 10.4. The van der Waals surface area contributed by atoms with Gasteiger partial charge in [-0.25, -0.2) is 0 Å². The molecule has 1 saturated heterocycles. The van der Waals surface area contributed by atoms with Gasteiger partial charge in [-0.2, -0.15) is 0 Å². The molecule has 0 saturated carbocycles. The summed E-state index contributed by atoms with van der Waals surface area (Å²) in [4.78, 5) is 11.7. The average molecular weight is 320 g/mol. The van der Waals surface area contributed by atoms with Gasteiger partial charge in [0.15, 0.2) is 0 Å². The van der Waals surface area contributed by atoms with Crippen molar-refractivity contribution in [3.8, 4) is 5.75 Å². The van der Waals surface area contributed by atoms with E-state index in [0.717, 1.165) is 25.9 Å². The highest BCUT2D eigenvalue weighted by Crippen LogP contribution is 2.18. The quantitative estimate of drug-likeness (QED) is 0.214. The van der Waals surface area contributed by atoms with Gasteiger partial charge < -0.3 is 19.5 Å². The van der Waals surface area contributed by atoms with Crippen LogP contribution < -0.4 is 10.2 Å². The molecule has 2 rings (SSSR count). The minimum Gasteiger partial charge on any atom is -0.427 e. The highest BCUT2D eigenvalue weighted by atomic mass is 16.6. The Morgan fingerprint density at radius 2 is 1.87 bits per heavy atom. The molecule has 126 valence electrons. The number of benzene rings is 1. The van der Waals surface area contributed by atoms with E-state index in [1.54, 1.807) is 18.2 Å². The number of carbonyl (C=O) groups is 1. The Morgan fingerprint density at radius 1 is 1.17 bits per heavy atom. The minimum absolute atomic E-state index is 0.277. The first-order valence-electron chi connectivity index (χ1n) is 8.43. The van der Waals surface area contributed by atoms with E-state index in [1.165, 1.54) is 31.7 Å². The van der Waals surface area contributed by atoms with Crippen LogP contribution in [0.5, 0.6) is 5.75 Å². The third kappa shape index (κ3) is 7.64. The van der Waals surface area contributed by atoms with Crippen molar-refractivity contribution >= 4 is 18.6 Å². The first-order valence-corrected chi connectivity index (χ1v) is 8.43. The SMILES string of the molecule is O=C(CCCCCCCCC1CO1)Oc1cccc(B(O)O)c1. The lowest BCUT2D eigenvalue weighted by atomic mass is 9.80. The van der Waals surface area contributed by atoms with E-state index in [9.17, 15) is 4.79 Å². The number of epoxide rings is 1. The Hall–Kier alpha value is -1.37. The number of esters is 1. The topological polar surface area (TPSA) is 79.3 Å². The molecule has 6 heteroatoms. The molecule has 0 spiro atoms. The van der Waals surface area contributed by atoms with Crippen LogP contribution in [-0.2, 0) is 9.53 Å². The molecule has 0 radical (unpaired) electrons. The van der Waals surface area contributed by atoms with Crippen LogP contribution in [0.2, 0.25) is 0 Å².